The standard InChI is InChI=1S/C15H28N2O4/c1-11(2)9-12(14(19)20)10-16-15(21)17(7-4-8-18)13-5-3-6-13/h11-13,18H,3-10H2,1-2H3,(H,16,21)(H,19,20). The summed E-state index contributed by atoms with van der Waals surface area (Å²) in [6, 6.07) is 0.0353. The summed E-state index contributed by atoms with van der Waals surface area (Å²) in [4.78, 5) is 25.2. The van der Waals surface area contributed by atoms with Gasteiger partial charge in [-0.1, -0.05) is 13.8 Å². The SMILES string of the molecule is CC(C)CC(CNC(=O)N(CCCO)C1CCC1)C(=O)O. The summed E-state index contributed by atoms with van der Waals surface area (Å²) in [5.74, 6) is -1.13. The first-order valence-corrected chi connectivity index (χ1v) is 7.83. The maximum absolute atomic E-state index is 12.2. The molecule has 122 valence electrons. The lowest BCUT2D eigenvalue weighted by atomic mass is 9.91. The van der Waals surface area contributed by atoms with Crippen molar-refractivity contribution < 1.29 is 19.8 Å². The van der Waals surface area contributed by atoms with E-state index in [1.807, 2.05) is 13.8 Å². The van der Waals surface area contributed by atoms with Crippen molar-refractivity contribution in [2.24, 2.45) is 11.8 Å². The van der Waals surface area contributed by atoms with Gasteiger partial charge in [-0.15, -0.1) is 0 Å². The number of nitrogens with zero attached hydrogens (tertiary/aromatic N) is 1. The average molecular weight is 300 g/mol. The molecule has 6 heteroatoms. The number of aliphatic hydroxyl groups is 1. The molecule has 1 aliphatic carbocycles. The van der Waals surface area contributed by atoms with Gasteiger partial charge in [0.1, 0.15) is 0 Å². The lowest BCUT2D eigenvalue weighted by Gasteiger charge is -2.37. The third-order valence-corrected chi connectivity index (χ3v) is 3.94. The predicted octanol–water partition coefficient (Wildman–Crippen LogP) is 1.68. The monoisotopic (exact) mass is 300 g/mol. The van der Waals surface area contributed by atoms with E-state index in [0.29, 0.717) is 19.4 Å². The number of aliphatic carboxylic acids is 1. The number of nitrogens with one attached hydrogen (secondary N) is 1. The van der Waals surface area contributed by atoms with Crippen LogP contribution in [-0.4, -0.2) is 52.9 Å². The number of carboxylic acids is 1. The second-order valence-electron chi connectivity index (χ2n) is 6.21. The van der Waals surface area contributed by atoms with E-state index < -0.39 is 11.9 Å². The number of carbonyl (C=O) groups is 2. The molecule has 0 spiro atoms. The number of carbonyl (C=O) groups excluding carboxylic acids is 1. The molecule has 2 amide bonds. The van der Waals surface area contributed by atoms with Gasteiger partial charge < -0.3 is 20.4 Å². The second kappa shape index (κ2) is 8.87. The van der Waals surface area contributed by atoms with Crippen LogP contribution in [0.15, 0.2) is 0 Å². The van der Waals surface area contributed by atoms with E-state index in [2.05, 4.69) is 5.32 Å². The lowest BCUT2D eigenvalue weighted by molar-refractivity contribution is -0.142. The van der Waals surface area contributed by atoms with Gasteiger partial charge in [-0.05, 0) is 38.0 Å². The lowest BCUT2D eigenvalue weighted by Crippen LogP contribution is -2.50. The molecule has 0 aromatic carbocycles. The van der Waals surface area contributed by atoms with Crippen LogP contribution >= 0.6 is 0 Å². The van der Waals surface area contributed by atoms with Gasteiger partial charge in [0.15, 0.2) is 0 Å². The van der Waals surface area contributed by atoms with E-state index in [9.17, 15) is 14.7 Å². The normalized spacial score (nSPS) is 16.4. The summed E-state index contributed by atoms with van der Waals surface area (Å²) in [7, 11) is 0. The maximum Gasteiger partial charge on any atom is 0.317 e. The zero-order valence-electron chi connectivity index (χ0n) is 13.0. The minimum atomic E-state index is -0.866. The molecule has 1 atom stereocenters. The zero-order chi connectivity index (χ0) is 15.8. The van der Waals surface area contributed by atoms with Crippen LogP contribution in [0.2, 0.25) is 0 Å². The first kappa shape index (κ1) is 17.8. The number of hydrogen-bond donors (Lipinski definition) is 3. The highest BCUT2D eigenvalue weighted by molar-refractivity contribution is 5.76. The number of hydrogen-bond acceptors (Lipinski definition) is 3. The Bertz CT molecular complexity index is 343. The molecule has 1 aliphatic rings. The number of rotatable bonds is 9. The molecule has 0 saturated heterocycles. The number of amides is 2. The Balaban J connectivity index is 2.48. The molecule has 3 N–H and O–H groups in total. The van der Waals surface area contributed by atoms with Crippen LogP contribution in [0.5, 0.6) is 0 Å². The highest BCUT2D eigenvalue weighted by Crippen LogP contribution is 2.25. The molecule has 1 saturated carbocycles. The smallest absolute Gasteiger partial charge is 0.317 e. The Morgan fingerprint density at radius 1 is 1.33 bits per heavy atom. The van der Waals surface area contributed by atoms with Crippen molar-refractivity contribution in [2.45, 2.75) is 52.0 Å². The van der Waals surface area contributed by atoms with Crippen LogP contribution in [0.3, 0.4) is 0 Å². The molecule has 6 nitrogen and oxygen atoms in total. The minimum absolute atomic E-state index is 0.0571. The Labute approximate surface area is 126 Å². The zero-order valence-corrected chi connectivity index (χ0v) is 13.0. The van der Waals surface area contributed by atoms with E-state index in [1.165, 1.54) is 0 Å². The quantitative estimate of drug-likeness (QED) is 0.604. The topological polar surface area (TPSA) is 89.9 Å². The van der Waals surface area contributed by atoms with Crippen molar-refractivity contribution in [1.29, 1.82) is 0 Å². The molecular formula is C15H28N2O4. The second-order valence-corrected chi connectivity index (χ2v) is 6.21. The van der Waals surface area contributed by atoms with Crippen molar-refractivity contribution >= 4 is 12.0 Å². The van der Waals surface area contributed by atoms with Crippen molar-refractivity contribution in [3.63, 3.8) is 0 Å². The van der Waals surface area contributed by atoms with Crippen LogP contribution in [0.1, 0.15) is 46.0 Å². The number of aliphatic hydroxyl groups excluding tert-OH is 1. The van der Waals surface area contributed by atoms with Gasteiger partial charge in [-0.2, -0.15) is 0 Å². The van der Waals surface area contributed by atoms with Gasteiger partial charge in [0.25, 0.3) is 0 Å². The Hall–Kier alpha value is -1.30. The summed E-state index contributed by atoms with van der Waals surface area (Å²) in [6.07, 6.45) is 4.22. The highest BCUT2D eigenvalue weighted by Gasteiger charge is 2.29. The summed E-state index contributed by atoms with van der Waals surface area (Å²) in [5.41, 5.74) is 0. The van der Waals surface area contributed by atoms with Crippen molar-refractivity contribution in [1.82, 2.24) is 10.2 Å². The third-order valence-electron chi connectivity index (χ3n) is 3.94. The third kappa shape index (κ3) is 5.91. The number of urea groups is 1. The molecule has 0 aliphatic heterocycles. The Morgan fingerprint density at radius 3 is 2.43 bits per heavy atom. The average Bonchev–Trinajstić information content (AvgIpc) is 2.35. The molecular weight excluding hydrogens is 272 g/mol. The maximum atomic E-state index is 12.2. The predicted molar refractivity (Wildman–Crippen MR) is 80.0 cm³/mol. The first-order chi connectivity index (χ1) is 9.95. The van der Waals surface area contributed by atoms with Gasteiger partial charge in [-0.3, -0.25) is 4.79 Å². The van der Waals surface area contributed by atoms with Crippen LogP contribution < -0.4 is 5.32 Å². The van der Waals surface area contributed by atoms with Crippen molar-refractivity contribution in [3.8, 4) is 0 Å². The van der Waals surface area contributed by atoms with Gasteiger partial charge in [0.05, 0.1) is 5.92 Å². The molecule has 21 heavy (non-hydrogen) atoms. The van der Waals surface area contributed by atoms with E-state index in [4.69, 9.17) is 5.11 Å². The fourth-order valence-electron chi connectivity index (χ4n) is 2.54. The summed E-state index contributed by atoms with van der Waals surface area (Å²) in [6.45, 7) is 4.69. The van der Waals surface area contributed by atoms with E-state index in [1.54, 1.807) is 4.90 Å². The van der Waals surface area contributed by atoms with Crippen molar-refractivity contribution in [3.05, 3.63) is 0 Å². The Kier molecular flexibility index (Phi) is 7.50. The molecule has 0 aromatic rings. The van der Waals surface area contributed by atoms with E-state index in [-0.39, 0.29) is 31.1 Å². The molecule has 1 unspecified atom stereocenters. The van der Waals surface area contributed by atoms with Gasteiger partial charge in [-0.25, -0.2) is 4.79 Å². The summed E-state index contributed by atoms with van der Waals surface area (Å²) < 4.78 is 0. The molecule has 0 bridgehead atoms. The van der Waals surface area contributed by atoms with E-state index in [0.717, 1.165) is 19.3 Å². The minimum Gasteiger partial charge on any atom is -0.481 e. The molecule has 1 fully saturated rings. The van der Waals surface area contributed by atoms with E-state index >= 15 is 0 Å². The fraction of sp³-hybridized carbons (Fsp3) is 0.867. The van der Waals surface area contributed by atoms with Gasteiger partial charge >= 0.3 is 12.0 Å². The molecule has 0 heterocycles. The van der Waals surface area contributed by atoms with Gasteiger partial charge in [0.2, 0.25) is 0 Å². The number of carboxylic acid groups (broad SMARTS) is 1. The molecule has 1 rings (SSSR count). The van der Waals surface area contributed by atoms with Crippen LogP contribution in [0.4, 0.5) is 4.79 Å². The van der Waals surface area contributed by atoms with Crippen LogP contribution in [-0.2, 0) is 4.79 Å². The summed E-state index contributed by atoms with van der Waals surface area (Å²) >= 11 is 0. The van der Waals surface area contributed by atoms with Gasteiger partial charge in [0, 0.05) is 25.7 Å². The molecule has 0 aromatic heterocycles. The first-order valence-electron chi connectivity index (χ1n) is 7.83. The highest BCUT2D eigenvalue weighted by atomic mass is 16.4. The Morgan fingerprint density at radius 2 is 2.00 bits per heavy atom. The summed E-state index contributed by atoms with van der Waals surface area (Å²) in [5, 5.41) is 20.9. The molecule has 0 radical (unpaired) electrons. The van der Waals surface area contributed by atoms with Crippen LogP contribution in [0.25, 0.3) is 0 Å². The fourth-order valence-corrected chi connectivity index (χ4v) is 2.54. The van der Waals surface area contributed by atoms with Crippen LogP contribution in [0, 0.1) is 11.8 Å². The van der Waals surface area contributed by atoms with Crippen molar-refractivity contribution in [2.75, 3.05) is 19.7 Å². The largest absolute Gasteiger partial charge is 0.481 e.